The van der Waals surface area contributed by atoms with Gasteiger partial charge in [0, 0.05) is 10.7 Å². The molecule has 0 bridgehead atoms. The lowest BCUT2D eigenvalue weighted by Crippen LogP contribution is -2.05. The molecule has 1 heterocycles. The fourth-order valence-corrected chi connectivity index (χ4v) is 1.57. The summed E-state index contributed by atoms with van der Waals surface area (Å²) in [5.41, 5.74) is -0.0318. The van der Waals surface area contributed by atoms with Crippen LogP contribution in [0, 0.1) is 0 Å². The third-order valence-electron chi connectivity index (χ3n) is 1.05. The molecule has 0 aliphatic rings. The van der Waals surface area contributed by atoms with Gasteiger partial charge in [0.05, 0.1) is 4.90 Å². The van der Waals surface area contributed by atoms with Crippen molar-refractivity contribution in [2.45, 2.75) is 4.90 Å². The summed E-state index contributed by atoms with van der Waals surface area (Å²) in [4.78, 5) is 14.2. The van der Waals surface area contributed by atoms with Crippen LogP contribution in [0.4, 0.5) is 0 Å². The van der Waals surface area contributed by atoms with Gasteiger partial charge in [-0.1, -0.05) is 0 Å². The minimum Gasteiger partial charge on any atom is -0.327 e. The van der Waals surface area contributed by atoms with Crippen molar-refractivity contribution in [2.75, 3.05) is 6.26 Å². The SMILES string of the molecule is CSc1cc(Br)c[nH]c1=O. The predicted octanol–water partition coefficient (Wildman–Crippen LogP) is 1.86. The van der Waals surface area contributed by atoms with Gasteiger partial charge in [0.2, 0.25) is 0 Å². The Hall–Kier alpha value is -0.220. The zero-order valence-electron chi connectivity index (χ0n) is 5.35. The van der Waals surface area contributed by atoms with E-state index < -0.39 is 0 Å². The van der Waals surface area contributed by atoms with E-state index in [1.807, 2.05) is 6.26 Å². The number of halogens is 1. The average Bonchev–Trinajstić information content (AvgIpc) is 1.94. The standard InChI is InChI=1S/C6H6BrNOS/c1-10-5-2-4(7)3-8-6(5)9/h2-3H,1H3,(H,8,9). The van der Waals surface area contributed by atoms with Crippen molar-refractivity contribution in [3.63, 3.8) is 0 Å². The summed E-state index contributed by atoms with van der Waals surface area (Å²) in [6.07, 6.45) is 3.50. The summed E-state index contributed by atoms with van der Waals surface area (Å²) in [5.74, 6) is 0. The van der Waals surface area contributed by atoms with E-state index >= 15 is 0 Å². The van der Waals surface area contributed by atoms with Crippen molar-refractivity contribution in [3.05, 3.63) is 27.1 Å². The lowest BCUT2D eigenvalue weighted by Gasteiger charge is -1.93. The number of pyridine rings is 1. The van der Waals surface area contributed by atoms with Gasteiger partial charge in [-0.25, -0.2) is 0 Å². The van der Waals surface area contributed by atoms with Crippen LogP contribution >= 0.6 is 27.7 Å². The molecule has 0 amide bonds. The second-order valence-corrected chi connectivity index (χ2v) is 3.48. The van der Waals surface area contributed by atoms with E-state index in [2.05, 4.69) is 20.9 Å². The molecule has 54 valence electrons. The van der Waals surface area contributed by atoms with Crippen LogP contribution in [0.2, 0.25) is 0 Å². The van der Waals surface area contributed by atoms with Gasteiger partial charge >= 0.3 is 0 Å². The average molecular weight is 220 g/mol. The van der Waals surface area contributed by atoms with Crippen LogP contribution < -0.4 is 5.56 Å². The first-order valence-electron chi connectivity index (χ1n) is 2.66. The van der Waals surface area contributed by atoms with Gasteiger partial charge in [-0.05, 0) is 28.3 Å². The lowest BCUT2D eigenvalue weighted by atomic mass is 10.5. The molecule has 0 spiro atoms. The zero-order valence-corrected chi connectivity index (χ0v) is 7.75. The van der Waals surface area contributed by atoms with Gasteiger partial charge in [0.1, 0.15) is 0 Å². The van der Waals surface area contributed by atoms with Crippen molar-refractivity contribution >= 4 is 27.7 Å². The Morgan fingerprint density at radius 3 is 2.90 bits per heavy atom. The van der Waals surface area contributed by atoms with Crippen molar-refractivity contribution in [2.24, 2.45) is 0 Å². The van der Waals surface area contributed by atoms with E-state index in [9.17, 15) is 4.79 Å². The highest BCUT2D eigenvalue weighted by Gasteiger charge is 1.95. The first-order valence-corrected chi connectivity index (χ1v) is 4.68. The molecule has 10 heavy (non-hydrogen) atoms. The molecular formula is C6H6BrNOS. The molecule has 1 aromatic heterocycles. The maximum Gasteiger partial charge on any atom is 0.261 e. The van der Waals surface area contributed by atoms with Gasteiger partial charge < -0.3 is 4.98 Å². The lowest BCUT2D eigenvalue weighted by molar-refractivity contribution is 1.13. The van der Waals surface area contributed by atoms with Crippen LogP contribution in [0.15, 0.2) is 26.4 Å². The number of aromatic nitrogens is 1. The van der Waals surface area contributed by atoms with Crippen molar-refractivity contribution in [3.8, 4) is 0 Å². The Morgan fingerprint density at radius 1 is 1.70 bits per heavy atom. The number of rotatable bonds is 1. The van der Waals surface area contributed by atoms with Crippen LogP contribution in [0.5, 0.6) is 0 Å². The minimum absolute atomic E-state index is 0.0318. The highest BCUT2D eigenvalue weighted by Crippen LogP contribution is 2.13. The molecule has 0 aromatic carbocycles. The summed E-state index contributed by atoms with van der Waals surface area (Å²) < 4.78 is 0.899. The van der Waals surface area contributed by atoms with Crippen LogP contribution in [-0.4, -0.2) is 11.2 Å². The van der Waals surface area contributed by atoms with E-state index in [1.54, 1.807) is 12.3 Å². The van der Waals surface area contributed by atoms with E-state index in [-0.39, 0.29) is 5.56 Å². The Morgan fingerprint density at radius 2 is 2.40 bits per heavy atom. The van der Waals surface area contributed by atoms with E-state index in [0.29, 0.717) is 0 Å². The molecule has 1 rings (SSSR count). The molecular weight excluding hydrogens is 214 g/mol. The Kier molecular flexibility index (Phi) is 2.56. The topological polar surface area (TPSA) is 32.9 Å². The summed E-state index contributed by atoms with van der Waals surface area (Å²) in [7, 11) is 0. The normalized spacial score (nSPS) is 9.80. The molecule has 2 nitrogen and oxygen atoms in total. The number of aromatic amines is 1. The third kappa shape index (κ3) is 1.64. The fourth-order valence-electron chi connectivity index (χ4n) is 0.590. The molecule has 0 saturated heterocycles. The first kappa shape index (κ1) is 7.88. The van der Waals surface area contributed by atoms with E-state index in [1.165, 1.54) is 11.8 Å². The molecule has 0 fully saturated rings. The quantitative estimate of drug-likeness (QED) is 0.732. The van der Waals surface area contributed by atoms with Gasteiger partial charge in [-0.3, -0.25) is 4.79 Å². The van der Waals surface area contributed by atoms with Gasteiger partial charge in [0.15, 0.2) is 0 Å². The zero-order chi connectivity index (χ0) is 7.56. The number of hydrogen-bond donors (Lipinski definition) is 1. The molecule has 1 aromatic rings. The number of nitrogens with one attached hydrogen (secondary N) is 1. The molecule has 4 heteroatoms. The van der Waals surface area contributed by atoms with Gasteiger partial charge in [0.25, 0.3) is 5.56 Å². The second-order valence-electron chi connectivity index (χ2n) is 1.72. The first-order chi connectivity index (χ1) is 4.74. The molecule has 0 saturated carbocycles. The maximum atomic E-state index is 10.9. The third-order valence-corrected chi connectivity index (χ3v) is 2.25. The summed E-state index contributed by atoms with van der Waals surface area (Å²) >= 11 is 4.69. The largest absolute Gasteiger partial charge is 0.327 e. The summed E-state index contributed by atoms with van der Waals surface area (Å²) in [5, 5.41) is 0. The van der Waals surface area contributed by atoms with Crippen LogP contribution in [0.25, 0.3) is 0 Å². The maximum absolute atomic E-state index is 10.9. The van der Waals surface area contributed by atoms with Crippen LogP contribution in [-0.2, 0) is 0 Å². The molecule has 0 aliphatic carbocycles. The molecule has 0 unspecified atom stereocenters. The van der Waals surface area contributed by atoms with Crippen LogP contribution in [0.1, 0.15) is 0 Å². The molecule has 0 aliphatic heterocycles. The molecule has 0 atom stereocenters. The Balaban J connectivity index is 3.22. The van der Waals surface area contributed by atoms with Crippen molar-refractivity contribution < 1.29 is 0 Å². The van der Waals surface area contributed by atoms with Crippen molar-refractivity contribution in [1.29, 1.82) is 0 Å². The summed E-state index contributed by atoms with van der Waals surface area (Å²) in [6, 6.07) is 1.80. The Labute approximate surface area is 71.2 Å². The highest BCUT2D eigenvalue weighted by atomic mass is 79.9. The number of hydrogen-bond acceptors (Lipinski definition) is 2. The highest BCUT2D eigenvalue weighted by molar-refractivity contribution is 9.10. The number of thioether (sulfide) groups is 1. The van der Waals surface area contributed by atoms with Gasteiger partial charge in [-0.15, -0.1) is 11.8 Å². The minimum atomic E-state index is -0.0318. The second kappa shape index (κ2) is 3.25. The van der Waals surface area contributed by atoms with E-state index in [0.717, 1.165) is 9.37 Å². The Bertz CT molecular complexity index is 283. The molecule has 0 radical (unpaired) electrons. The van der Waals surface area contributed by atoms with E-state index in [4.69, 9.17) is 0 Å². The van der Waals surface area contributed by atoms with Gasteiger partial charge in [-0.2, -0.15) is 0 Å². The smallest absolute Gasteiger partial charge is 0.261 e. The monoisotopic (exact) mass is 219 g/mol. The van der Waals surface area contributed by atoms with Crippen molar-refractivity contribution in [1.82, 2.24) is 4.98 Å². The summed E-state index contributed by atoms with van der Waals surface area (Å²) in [6.45, 7) is 0. The fraction of sp³-hybridized carbons (Fsp3) is 0.167. The van der Waals surface area contributed by atoms with Crippen LogP contribution in [0.3, 0.4) is 0 Å². The number of H-pyrrole nitrogens is 1. The molecule has 1 N–H and O–H groups in total. The predicted molar refractivity (Wildman–Crippen MR) is 46.5 cm³/mol.